The van der Waals surface area contributed by atoms with Crippen LogP contribution in [0.3, 0.4) is 0 Å². The summed E-state index contributed by atoms with van der Waals surface area (Å²) in [6, 6.07) is 14.1. The van der Waals surface area contributed by atoms with Gasteiger partial charge in [0, 0.05) is 34.4 Å². The van der Waals surface area contributed by atoms with Crippen LogP contribution in [0.25, 0.3) is 21.5 Å². The van der Waals surface area contributed by atoms with Gasteiger partial charge in [-0.15, -0.1) is 0 Å². The van der Waals surface area contributed by atoms with Crippen LogP contribution in [-0.4, -0.2) is 63.8 Å². The fourth-order valence-corrected chi connectivity index (χ4v) is 5.12. The van der Waals surface area contributed by atoms with Gasteiger partial charge in [-0.05, 0) is 44.7 Å². The lowest BCUT2D eigenvalue weighted by Gasteiger charge is -2.23. The topological polar surface area (TPSA) is 89.5 Å². The Hall–Kier alpha value is -3.88. The van der Waals surface area contributed by atoms with Gasteiger partial charge in [0.05, 0.1) is 26.4 Å². The van der Waals surface area contributed by atoms with Crippen LogP contribution >= 0.6 is 0 Å². The number of carbonyl (C=O) groups excluding carboxylic acids is 2. The quantitative estimate of drug-likeness (QED) is 0.0566. The molecule has 0 saturated carbocycles. The predicted octanol–water partition coefficient (Wildman–Crippen LogP) is 8.70. The highest BCUT2D eigenvalue weighted by Gasteiger charge is 2.22. The summed E-state index contributed by atoms with van der Waals surface area (Å²) in [6.07, 6.45) is 3.64. The molecule has 0 aliphatic carbocycles. The Morgan fingerprint density at radius 3 is 1.54 bits per heavy atom. The predicted molar refractivity (Wildman–Crippen MR) is 192 cm³/mol. The number of carbonyl (C=O) groups is 2. The summed E-state index contributed by atoms with van der Waals surface area (Å²) in [5.74, 6) is 0.795. The van der Waals surface area contributed by atoms with Crippen molar-refractivity contribution in [3.63, 3.8) is 0 Å². The van der Waals surface area contributed by atoms with Crippen molar-refractivity contribution >= 4 is 33.5 Å². The maximum atomic E-state index is 12.6. The van der Waals surface area contributed by atoms with Gasteiger partial charge in [-0.25, -0.2) is 0 Å². The Kier molecular flexibility index (Phi) is 16.5. The molecule has 0 fully saturated rings. The SMILES string of the molecule is C=C(C)COCC(COc1c2ccccc2c(OCC(COCC(=C)C)OC(=O)CCCC)c2cc(CC)ccc12)OC(=O)CCCC. The zero-order chi connectivity index (χ0) is 34.9. The largest absolute Gasteiger partial charge is 0.488 e. The van der Waals surface area contributed by atoms with Gasteiger partial charge < -0.3 is 28.4 Å². The molecule has 0 spiro atoms. The maximum absolute atomic E-state index is 12.6. The molecule has 0 heterocycles. The van der Waals surface area contributed by atoms with Crippen molar-refractivity contribution in [2.24, 2.45) is 0 Å². The number of hydrogen-bond donors (Lipinski definition) is 0. The first-order valence-electron chi connectivity index (χ1n) is 17.2. The van der Waals surface area contributed by atoms with Crippen LogP contribution in [0.4, 0.5) is 0 Å². The third-order valence-electron chi connectivity index (χ3n) is 7.59. The lowest BCUT2D eigenvalue weighted by atomic mass is 9.98. The fourth-order valence-electron chi connectivity index (χ4n) is 5.12. The molecule has 3 aromatic rings. The molecule has 8 nitrogen and oxygen atoms in total. The van der Waals surface area contributed by atoms with Crippen molar-refractivity contribution in [1.29, 1.82) is 0 Å². The summed E-state index contributed by atoms with van der Waals surface area (Å²) in [7, 11) is 0. The Balaban J connectivity index is 1.98. The van der Waals surface area contributed by atoms with E-state index in [2.05, 4.69) is 32.2 Å². The Bertz CT molecular complexity index is 1510. The van der Waals surface area contributed by atoms with E-state index >= 15 is 0 Å². The molecular formula is C40H54O8. The molecular weight excluding hydrogens is 608 g/mol. The van der Waals surface area contributed by atoms with E-state index in [1.54, 1.807) is 0 Å². The van der Waals surface area contributed by atoms with Crippen molar-refractivity contribution in [1.82, 2.24) is 0 Å². The molecule has 3 aromatic carbocycles. The minimum Gasteiger partial charge on any atom is -0.488 e. The van der Waals surface area contributed by atoms with E-state index in [-0.39, 0.29) is 38.4 Å². The zero-order valence-electron chi connectivity index (χ0n) is 29.6. The molecule has 0 aromatic heterocycles. The molecule has 0 N–H and O–H groups in total. The molecule has 262 valence electrons. The molecule has 0 saturated heterocycles. The van der Waals surface area contributed by atoms with E-state index in [0.717, 1.165) is 70.4 Å². The molecule has 2 unspecified atom stereocenters. The third-order valence-corrected chi connectivity index (χ3v) is 7.59. The lowest BCUT2D eigenvalue weighted by Crippen LogP contribution is -2.30. The monoisotopic (exact) mass is 662 g/mol. The van der Waals surface area contributed by atoms with Crippen LogP contribution < -0.4 is 9.47 Å². The van der Waals surface area contributed by atoms with E-state index in [9.17, 15) is 9.59 Å². The number of fused-ring (bicyclic) bond motifs is 2. The maximum Gasteiger partial charge on any atom is 0.306 e. The number of esters is 2. The van der Waals surface area contributed by atoms with Crippen LogP contribution in [0.15, 0.2) is 66.8 Å². The number of rotatable bonds is 23. The Morgan fingerprint density at radius 2 is 1.10 bits per heavy atom. The molecule has 0 bridgehead atoms. The van der Waals surface area contributed by atoms with Gasteiger partial charge in [0.1, 0.15) is 24.7 Å². The number of ether oxygens (including phenoxy) is 6. The smallest absolute Gasteiger partial charge is 0.306 e. The van der Waals surface area contributed by atoms with E-state index in [4.69, 9.17) is 28.4 Å². The van der Waals surface area contributed by atoms with Gasteiger partial charge in [0.15, 0.2) is 12.2 Å². The Labute approximate surface area is 286 Å². The summed E-state index contributed by atoms with van der Waals surface area (Å²) in [5, 5.41) is 3.42. The average Bonchev–Trinajstić information content (AvgIpc) is 3.06. The number of benzene rings is 3. The Morgan fingerprint density at radius 1 is 0.646 bits per heavy atom. The first-order chi connectivity index (χ1) is 23.2. The summed E-state index contributed by atoms with van der Waals surface area (Å²) >= 11 is 0. The first-order valence-corrected chi connectivity index (χ1v) is 17.2. The van der Waals surface area contributed by atoms with Crippen molar-refractivity contribution in [3.8, 4) is 11.5 Å². The summed E-state index contributed by atoms with van der Waals surface area (Å²) in [4.78, 5) is 25.2. The zero-order valence-corrected chi connectivity index (χ0v) is 29.6. The van der Waals surface area contributed by atoms with Crippen LogP contribution in [0.2, 0.25) is 0 Å². The van der Waals surface area contributed by atoms with Crippen LogP contribution in [0.5, 0.6) is 11.5 Å². The average molecular weight is 663 g/mol. The highest BCUT2D eigenvalue weighted by molar-refractivity contribution is 6.11. The van der Waals surface area contributed by atoms with Gasteiger partial charge in [0.2, 0.25) is 0 Å². The molecule has 0 radical (unpaired) electrons. The second kappa shape index (κ2) is 20.5. The molecule has 0 aliphatic heterocycles. The summed E-state index contributed by atoms with van der Waals surface area (Å²) in [5.41, 5.74) is 2.90. The standard InChI is InChI=1S/C40H54O8/c1-8-11-17-37(41)47-31(24-43-22-28(4)5)26-45-39-33-15-13-14-16-34(33)40(36-21-30(10-3)19-20-35(36)39)46-27-32(25-44-23-29(6)7)48-38(42)18-12-9-2/h13-16,19-21,31-32H,4,6,8-12,17-18,22-27H2,1-3,5,7H3. The highest BCUT2D eigenvalue weighted by Crippen LogP contribution is 2.43. The van der Waals surface area contributed by atoms with Crippen LogP contribution in [0.1, 0.15) is 78.7 Å². The number of unbranched alkanes of at least 4 members (excludes halogenated alkanes) is 2. The second-order valence-corrected chi connectivity index (χ2v) is 12.4. The van der Waals surface area contributed by atoms with Gasteiger partial charge in [-0.2, -0.15) is 0 Å². The van der Waals surface area contributed by atoms with E-state index in [1.807, 2.05) is 58.0 Å². The lowest BCUT2D eigenvalue weighted by molar-refractivity contribution is -0.154. The number of aryl methyl sites for hydroxylation is 1. The highest BCUT2D eigenvalue weighted by atomic mass is 16.6. The minimum absolute atomic E-state index is 0.110. The second-order valence-electron chi connectivity index (χ2n) is 12.4. The molecule has 48 heavy (non-hydrogen) atoms. The molecule has 8 heteroatoms. The third kappa shape index (κ3) is 12.3. The van der Waals surface area contributed by atoms with E-state index in [1.165, 1.54) is 0 Å². The van der Waals surface area contributed by atoms with Gasteiger partial charge >= 0.3 is 11.9 Å². The van der Waals surface area contributed by atoms with Gasteiger partial charge in [-0.1, -0.05) is 94.3 Å². The molecule has 0 amide bonds. The van der Waals surface area contributed by atoms with E-state index in [0.29, 0.717) is 37.6 Å². The number of hydrogen-bond acceptors (Lipinski definition) is 8. The summed E-state index contributed by atoms with van der Waals surface area (Å²) < 4.78 is 36.3. The van der Waals surface area contributed by atoms with Gasteiger partial charge in [-0.3, -0.25) is 9.59 Å². The van der Waals surface area contributed by atoms with Gasteiger partial charge in [0.25, 0.3) is 0 Å². The van der Waals surface area contributed by atoms with Crippen LogP contribution in [0, 0.1) is 0 Å². The van der Waals surface area contributed by atoms with Crippen LogP contribution in [-0.2, 0) is 35.0 Å². The normalized spacial score (nSPS) is 12.4. The van der Waals surface area contributed by atoms with Crippen molar-refractivity contribution in [2.75, 3.05) is 39.6 Å². The molecule has 0 aliphatic rings. The summed E-state index contributed by atoms with van der Waals surface area (Å²) in [6.45, 7) is 19.1. The minimum atomic E-state index is -0.602. The van der Waals surface area contributed by atoms with Crippen molar-refractivity contribution in [2.45, 2.75) is 91.8 Å². The van der Waals surface area contributed by atoms with Crippen molar-refractivity contribution in [3.05, 3.63) is 72.3 Å². The molecule has 3 rings (SSSR count). The first kappa shape index (κ1) is 38.6. The van der Waals surface area contributed by atoms with Crippen molar-refractivity contribution < 1.29 is 38.0 Å². The molecule has 2 atom stereocenters. The fraction of sp³-hybridized carbons (Fsp3) is 0.500. The van der Waals surface area contributed by atoms with E-state index < -0.39 is 12.2 Å².